The molecule has 2 nitrogen and oxygen atoms in total. The molecule has 0 radical (unpaired) electrons. The van der Waals surface area contributed by atoms with Crippen LogP contribution in [-0.4, -0.2) is 21.8 Å². The third kappa shape index (κ3) is 9.80. The molecular formula is C14H32O2Si. The molecule has 0 saturated carbocycles. The molecule has 0 saturated heterocycles. The van der Waals surface area contributed by atoms with Crippen LogP contribution in [0.4, 0.5) is 0 Å². The first-order valence-corrected chi connectivity index (χ1v) is 10.0. The van der Waals surface area contributed by atoms with Crippen LogP contribution in [0.25, 0.3) is 0 Å². The molecule has 0 bridgehead atoms. The summed E-state index contributed by atoms with van der Waals surface area (Å²) in [6.07, 6.45) is 4.78. The van der Waals surface area contributed by atoms with Gasteiger partial charge >= 0.3 is 8.56 Å². The number of rotatable bonds is 10. The average Bonchev–Trinajstić information content (AvgIpc) is 2.27. The van der Waals surface area contributed by atoms with Crippen LogP contribution in [0.3, 0.4) is 0 Å². The quantitative estimate of drug-likeness (QED) is 0.535. The van der Waals surface area contributed by atoms with Gasteiger partial charge in [-0.15, -0.1) is 0 Å². The second-order valence-electron chi connectivity index (χ2n) is 5.70. The zero-order valence-corrected chi connectivity index (χ0v) is 13.7. The summed E-state index contributed by atoms with van der Waals surface area (Å²) in [7, 11) is -1.86. The zero-order chi connectivity index (χ0) is 13.3. The predicted octanol–water partition coefficient (Wildman–Crippen LogP) is 4.59. The van der Waals surface area contributed by atoms with E-state index in [0.717, 1.165) is 37.9 Å². The van der Waals surface area contributed by atoms with Crippen LogP contribution in [0.2, 0.25) is 13.1 Å². The summed E-state index contributed by atoms with van der Waals surface area (Å²) in [5, 5.41) is 0. The van der Waals surface area contributed by atoms with Crippen LogP contribution >= 0.6 is 0 Å². The van der Waals surface area contributed by atoms with Gasteiger partial charge in [0.05, 0.1) is 0 Å². The van der Waals surface area contributed by atoms with Crippen LogP contribution in [0.5, 0.6) is 0 Å². The van der Waals surface area contributed by atoms with E-state index in [0.29, 0.717) is 0 Å². The van der Waals surface area contributed by atoms with Gasteiger partial charge in [0.1, 0.15) is 0 Å². The van der Waals surface area contributed by atoms with Crippen molar-refractivity contribution < 1.29 is 8.85 Å². The molecule has 0 aliphatic rings. The fraction of sp³-hybridized carbons (Fsp3) is 1.00. The van der Waals surface area contributed by atoms with E-state index in [-0.39, 0.29) is 0 Å². The lowest BCUT2D eigenvalue weighted by Crippen LogP contribution is -2.36. The Labute approximate surface area is 109 Å². The van der Waals surface area contributed by atoms with Gasteiger partial charge in [-0.2, -0.15) is 0 Å². The summed E-state index contributed by atoms with van der Waals surface area (Å²) >= 11 is 0. The van der Waals surface area contributed by atoms with E-state index in [1.807, 2.05) is 0 Å². The first-order valence-electron chi connectivity index (χ1n) is 7.19. The second kappa shape index (κ2) is 9.12. The Morgan fingerprint density at radius 2 is 1.18 bits per heavy atom. The highest BCUT2D eigenvalue weighted by Gasteiger charge is 2.24. The fourth-order valence-electron chi connectivity index (χ4n) is 1.46. The summed E-state index contributed by atoms with van der Waals surface area (Å²) < 4.78 is 11.9. The molecule has 0 aliphatic heterocycles. The van der Waals surface area contributed by atoms with Gasteiger partial charge in [-0.25, -0.2) is 0 Å². The minimum Gasteiger partial charge on any atom is -0.394 e. The molecule has 0 aliphatic carbocycles. The largest absolute Gasteiger partial charge is 0.394 e. The summed E-state index contributed by atoms with van der Waals surface area (Å²) in [5.74, 6) is 1.53. The Hall–Kier alpha value is 0.137. The molecule has 0 amide bonds. The van der Waals surface area contributed by atoms with Crippen molar-refractivity contribution in [2.75, 3.05) is 13.2 Å². The van der Waals surface area contributed by atoms with Crippen molar-refractivity contribution in [3.05, 3.63) is 0 Å². The van der Waals surface area contributed by atoms with Crippen LogP contribution < -0.4 is 0 Å². The first-order chi connectivity index (χ1) is 7.91. The minimum atomic E-state index is -1.86. The number of hydrogen-bond donors (Lipinski definition) is 0. The minimum absolute atomic E-state index is 0.764. The van der Waals surface area contributed by atoms with Gasteiger partial charge in [0.25, 0.3) is 0 Å². The summed E-state index contributed by atoms with van der Waals surface area (Å²) in [6.45, 7) is 15.0. The van der Waals surface area contributed by atoms with E-state index in [9.17, 15) is 0 Å². The molecule has 0 spiro atoms. The van der Waals surface area contributed by atoms with E-state index in [1.54, 1.807) is 0 Å². The Morgan fingerprint density at radius 1 is 0.824 bits per heavy atom. The van der Waals surface area contributed by atoms with Gasteiger partial charge in [-0.1, -0.05) is 40.5 Å². The Morgan fingerprint density at radius 3 is 1.47 bits per heavy atom. The molecule has 0 N–H and O–H groups in total. The Bertz CT molecular complexity index is 165. The van der Waals surface area contributed by atoms with Gasteiger partial charge in [0, 0.05) is 13.2 Å². The highest BCUT2D eigenvalue weighted by Crippen LogP contribution is 2.13. The molecule has 104 valence electrons. The fourth-order valence-corrected chi connectivity index (χ4v) is 2.76. The summed E-state index contributed by atoms with van der Waals surface area (Å²) in [6, 6.07) is 0. The lowest BCUT2D eigenvalue weighted by molar-refractivity contribution is 0.161. The maximum atomic E-state index is 5.93. The lowest BCUT2D eigenvalue weighted by atomic mass is 10.1. The smallest absolute Gasteiger partial charge is 0.331 e. The molecule has 0 aromatic heterocycles. The molecule has 3 heteroatoms. The van der Waals surface area contributed by atoms with E-state index in [2.05, 4.69) is 40.8 Å². The van der Waals surface area contributed by atoms with Gasteiger partial charge in [-0.05, 0) is 37.8 Å². The molecule has 17 heavy (non-hydrogen) atoms. The average molecular weight is 260 g/mol. The molecule has 0 heterocycles. The monoisotopic (exact) mass is 260 g/mol. The molecule has 0 aromatic rings. The normalized spacial score (nSPS) is 15.9. The molecule has 2 unspecified atom stereocenters. The second-order valence-corrected chi connectivity index (χ2v) is 9.08. The molecular weight excluding hydrogens is 228 g/mol. The summed E-state index contributed by atoms with van der Waals surface area (Å²) in [4.78, 5) is 0. The summed E-state index contributed by atoms with van der Waals surface area (Å²) in [5.41, 5.74) is 0. The van der Waals surface area contributed by atoms with Crippen molar-refractivity contribution in [2.24, 2.45) is 11.8 Å². The molecule has 0 rings (SSSR count). The highest BCUT2D eigenvalue weighted by atomic mass is 28.4. The van der Waals surface area contributed by atoms with Crippen molar-refractivity contribution in [2.45, 2.75) is 66.5 Å². The van der Waals surface area contributed by atoms with Crippen molar-refractivity contribution in [3.63, 3.8) is 0 Å². The Balaban J connectivity index is 3.65. The third-order valence-corrected chi connectivity index (χ3v) is 5.31. The van der Waals surface area contributed by atoms with Gasteiger partial charge in [-0.3, -0.25) is 0 Å². The van der Waals surface area contributed by atoms with Crippen molar-refractivity contribution >= 4 is 8.56 Å². The van der Waals surface area contributed by atoms with Crippen molar-refractivity contribution in [1.29, 1.82) is 0 Å². The Kier molecular flexibility index (Phi) is 9.19. The van der Waals surface area contributed by atoms with Crippen LogP contribution in [0, 0.1) is 11.8 Å². The van der Waals surface area contributed by atoms with Gasteiger partial charge < -0.3 is 8.85 Å². The third-order valence-electron chi connectivity index (χ3n) is 3.51. The van der Waals surface area contributed by atoms with Gasteiger partial charge in [0.15, 0.2) is 0 Å². The van der Waals surface area contributed by atoms with Crippen molar-refractivity contribution in [1.82, 2.24) is 0 Å². The van der Waals surface area contributed by atoms with Crippen LogP contribution in [0.1, 0.15) is 53.4 Å². The van der Waals surface area contributed by atoms with Crippen LogP contribution in [0.15, 0.2) is 0 Å². The van der Waals surface area contributed by atoms with Crippen molar-refractivity contribution in [3.8, 4) is 0 Å². The predicted molar refractivity (Wildman–Crippen MR) is 77.5 cm³/mol. The first kappa shape index (κ1) is 17.1. The number of hydrogen-bond acceptors (Lipinski definition) is 2. The van der Waals surface area contributed by atoms with E-state index in [4.69, 9.17) is 8.85 Å². The topological polar surface area (TPSA) is 18.5 Å². The maximum Gasteiger partial charge on any atom is 0.331 e. The molecule has 2 atom stereocenters. The molecule has 0 aromatic carbocycles. The van der Waals surface area contributed by atoms with E-state index < -0.39 is 8.56 Å². The standard InChI is InChI=1S/C14H32O2Si/c1-7-13(3)9-11-15-17(5,6)16-12-10-14(4)8-2/h13-14H,7-12H2,1-6H3. The van der Waals surface area contributed by atoms with Gasteiger partial charge in [0.2, 0.25) is 0 Å². The molecule has 0 fully saturated rings. The van der Waals surface area contributed by atoms with E-state index in [1.165, 1.54) is 12.8 Å². The SMILES string of the molecule is CCC(C)CCO[Si](C)(C)OCCC(C)CC. The van der Waals surface area contributed by atoms with E-state index >= 15 is 0 Å². The highest BCUT2D eigenvalue weighted by molar-refractivity contribution is 6.64. The zero-order valence-electron chi connectivity index (χ0n) is 12.7. The lowest BCUT2D eigenvalue weighted by Gasteiger charge is -2.24. The van der Waals surface area contributed by atoms with Crippen LogP contribution in [-0.2, 0) is 8.85 Å². The maximum absolute atomic E-state index is 5.93.